The Morgan fingerprint density at radius 1 is 0.922 bits per heavy atom. The zero-order chi connectivity index (χ0) is 37.1. The number of benzene rings is 3. The molecule has 0 spiro atoms. The van der Waals surface area contributed by atoms with Crippen LogP contribution >= 0.6 is 90.4 Å². The molecule has 1 amide bonds. The summed E-state index contributed by atoms with van der Waals surface area (Å²) in [6.45, 7) is 0. The number of allylic oxidation sites excluding steroid dienone is 2. The largest absolute Gasteiger partial charge is 0.506 e. The molecule has 0 radical (unpaired) electrons. The van der Waals surface area contributed by atoms with Crippen molar-refractivity contribution in [3.8, 4) is 17.2 Å². The fourth-order valence-electron chi connectivity index (χ4n) is 6.02. The van der Waals surface area contributed by atoms with Gasteiger partial charge < -0.3 is 35.6 Å². The van der Waals surface area contributed by atoms with E-state index in [-0.39, 0.29) is 42.8 Å². The number of nitrogens with one attached hydrogen (secondary N) is 1. The molecule has 1 saturated carbocycles. The predicted octanol–water partition coefficient (Wildman–Crippen LogP) is 7.74. The first-order valence-corrected chi connectivity index (χ1v) is 20.9. The summed E-state index contributed by atoms with van der Waals surface area (Å²) in [5, 5.41) is 54.2. The maximum atomic E-state index is 12.7. The number of carbonyl (C=O) groups excluding carboxylic acids is 1. The van der Waals surface area contributed by atoms with Crippen molar-refractivity contribution in [2.24, 2.45) is 11.8 Å². The van der Waals surface area contributed by atoms with Crippen LogP contribution in [0.25, 0.3) is 0 Å². The number of phenolic OH excluding ortho intramolecular Hbond substituents is 1. The Balaban J connectivity index is 1.22. The number of aryl methyl sites for hydroxylation is 1. The van der Waals surface area contributed by atoms with Crippen molar-refractivity contribution in [2.75, 3.05) is 0 Å². The molecule has 1 aliphatic carbocycles. The average Bonchev–Trinajstić information content (AvgIpc) is 3.35. The maximum absolute atomic E-state index is 12.7. The number of aliphatic hydroxyl groups is 3. The number of carbonyl (C=O) groups is 2. The molecule has 13 heteroatoms. The van der Waals surface area contributed by atoms with Gasteiger partial charge in [-0.1, -0.05) is 54.6 Å². The Bertz CT molecular complexity index is 1660. The first kappa shape index (κ1) is 42.2. The molecule has 9 nitrogen and oxygen atoms in total. The molecular formula is C38H41I4NO8. The molecule has 1 unspecified atom stereocenters. The third-order valence-corrected chi connectivity index (χ3v) is 12.0. The number of aromatic hydroxyl groups is 1. The lowest BCUT2D eigenvalue weighted by Crippen LogP contribution is -2.42. The molecule has 3 aromatic carbocycles. The topological polar surface area (TPSA) is 157 Å². The highest BCUT2D eigenvalue weighted by Gasteiger charge is 2.39. The molecular weight excluding hydrogens is 1110 g/mol. The van der Waals surface area contributed by atoms with Crippen LogP contribution in [0.3, 0.4) is 0 Å². The molecule has 6 N–H and O–H groups in total. The van der Waals surface area contributed by atoms with Crippen molar-refractivity contribution in [2.45, 2.75) is 75.7 Å². The predicted molar refractivity (Wildman–Crippen MR) is 230 cm³/mol. The van der Waals surface area contributed by atoms with Crippen molar-refractivity contribution < 1.29 is 39.9 Å². The summed E-state index contributed by atoms with van der Waals surface area (Å²) in [6, 6.07) is 16.0. The van der Waals surface area contributed by atoms with Crippen LogP contribution in [0.2, 0.25) is 0 Å². The molecule has 0 aromatic heterocycles. The first-order valence-electron chi connectivity index (χ1n) is 16.6. The van der Waals surface area contributed by atoms with Crippen LogP contribution in [0.4, 0.5) is 0 Å². The monoisotopic (exact) mass is 1150 g/mol. The zero-order valence-electron chi connectivity index (χ0n) is 27.6. The van der Waals surface area contributed by atoms with Crippen molar-refractivity contribution in [3.05, 3.63) is 104 Å². The number of amides is 1. The van der Waals surface area contributed by atoms with Crippen LogP contribution in [0.15, 0.2) is 78.9 Å². The molecule has 0 bridgehead atoms. The Hall–Kier alpha value is -1.52. The summed E-state index contributed by atoms with van der Waals surface area (Å²) < 4.78 is 9.03. The number of carboxylic acid groups (broad SMARTS) is 1. The second-order valence-corrected chi connectivity index (χ2v) is 17.2. The van der Waals surface area contributed by atoms with Crippen molar-refractivity contribution in [1.82, 2.24) is 5.32 Å². The number of hydrogen-bond donors (Lipinski definition) is 6. The van der Waals surface area contributed by atoms with Gasteiger partial charge in [0.25, 0.3) is 0 Å². The van der Waals surface area contributed by atoms with Crippen LogP contribution in [0.5, 0.6) is 17.2 Å². The molecule has 51 heavy (non-hydrogen) atoms. The molecule has 3 aromatic rings. The normalized spacial score (nSPS) is 20.1. The van der Waals surface area contributed by atoms with Gasteiger partial charge >= 0.3 is 5.97 Å². The fourth-order valence-corrected chi connectivity index (χ4v) is 9.85. The summed E-state index contributed by atoms with van der Waals surface area (Å²) in [7, 11) is 0. The van der Waals surface area contributed by atoms with Gasteiger partial charge in [-0.15, -0.1) is 0 Å². The van der Waals surface area contributed by atoms with E-state index in [2.05, 4.69) is 50.5 Å². The number of aliphatic hydroxyl groups excluding tert-OH is 3. The molecule has 0 heterocycles. The number of halogens is 4. The summed E-state index contributed by atoms with van der Waals surface area (Å²) >= 11 is 8.37. The van der Waals surface area contributed by atoms with Crippen molar-refractivity contribution in [3.63, 3.8) is 0 Å². The highest BCUT2D eigenvalue weighted by Crippen LogP contribution is 2.38. The summed E-state index contributed by atoms with van der Waals surface area (Å²) in [5.74, 6) is -0.506. The third kappa shape index (κ3) is 13.1. The van der Waals surface area contributed by atoms with Gasteiger partial charge in [0, 0.05) is 25.2 Å². The number of carboxylic acids is 1. The average molecular weight is 1150 g/mol. The molecule has 6 atom stereocenters. The van der Waals surface area contributed by atoms with Crippen molar-refractivity contribution in [1.29, 1.82) is 0 Å². The van der Waals surface area contributed by atoms with E-state index in [4.69, 9.17) is 4.74 Å². The van der Waals surface area contributed by atoms with E-state index in [1.54, 1.807) is 18.2 Å². The van der Waals surface area contributed by atoms with E-state index in [0.29, 0.717) is 44.3 Å². The molecule has 1 fully saturated rings. The van der Waals surface area contributed by atoms with Crippen LogP contribution in [0, 0.1) is 26.1 Å². The van der Waals surface area contributed by atoms with E-state index in [9.17, 15) is 35.1 Å². The van der Waals surface area contributed by atoms with Gasteiger partial charge in [-0.25, -0.2) is 4.79 Å². The number of unbranched alkanes of at least 4 members (excludes halogenated alkanes) is 1. The number of phenols is 1. The van der Waals surface area contributed by atoms with Gasteiger partial charge in [0.15, 0.2) is 5.75 Å². The minimum Gasteiger partial charge on any atom is -0.506 e. The SMILES string of the molecule is O=C(CCCC=CC[C@@H]1[C@@H](C=C[C@@H](O)CCc2ccccc2)[C@H](O)C[C@@H]1O)NC(Cc1cc(I)c(Oc2cc(I)c(O)c(I)c2)c(I)c1)C(=O)O. The van der Waals surface area contributed by atoms with E-state index in [0.717, 1.165) is 24.7 Å². The second-order valence-electron chi connectivity index (χ2n) is 12.6. The van der Waals surface area contributed by atoms with E-state index in [1.807, 2.05) is 106 Å². The first-order chi connectivity index (χ1) is 24.3. The Morgan fingerprint density at radius 2 is 1.59 bits per heavy atom. The van der Waals surface area contributed by atoms with E-state index >= 15 is 0 Å². The maximum Gasteiger partial charge on any atom is 0.326 e. The highest BCUT2D eigenvalue weighted by molar-refractivity contribution is 14.1. The van der Waals surface area contributed by atoms with Gasteiger partial charge in [-0.2, -0.15) is 0 Å². The molecule has 1 aliphatic rings. The number of ether oxygens (including phenoxy) is 1. The summed E-state index contributed by atoms with van der Waals surface area (Å²) in [5.41, 5.74) is 1.90. The van der Waals surface area contributed by atoms with Crippen molar-refractivity contribution >= 4 is 102 Å². The van der Waals surface area contributed by atoms with Crippen LogP contribution < -0.4 is 10.1 Å². The second kappa shape index (κ2) is 20.8. The molecule has 0 aliphatic heterocycles. The summed E-state index contributed by atoms with van der Waals surface area (Å²) in [6.07, 6.45) is 9.04. The van der Waals surface area contributed by atoms with Gasteiger partial charge in [-0.05, 0) is 164 Å². The smallest absolute Gasteiger partial charge is 0.326 e. The lowest BCUT2D eigenvalue weighted by molar-refractivity contribution is -0.141. The Labute approximate surface area is 352 Å². The minimum absolute atomic E-state index is 0.109. The third-order valence-electron chi connectivity index (χ3n) is 8.73. The zero-order valence-corrected chi connectivity index (χ0v) is 36.2. The van der Waals surface area contributed by atoms with Gasteiger partial charge in [0.05, 0.1) is 32.6 Å². The Kier molecular flexibility index (Phi) is 17.2. The highest BCUT2D eigenvalue weighted by atomic mass is 127. The van der Waals surface area contributed by atoms with Crippen LogP contribution in [-0.4, -0.2) is 61.8 Å². The number of rotatable bonds is 17. The fraction of sp³-hybridized carbons (Fsp3) is 0.368. The van der Waals surface area contributed by atoms with Gasteiger partial charge in [0.2, 0.25) is 5.91 Å². The van der Waals surface area contributed by atoms with E-state index < -0.39 is 30.3 Å². The van der Waals surface area contributed by atoms with Gasteiger partial charge in [0.1, 0.15) is 17.5 Å². The van der Waals surface area contributed by atoms with E-state index in [1.165, 1.54) is 0 Å². The molecule has 4 rings (SSSR count). The standard InChI is InChI=1S/C38H41I4NO8/c39-28-19-25(20-29(40)36(28)48)51-37-30(41)16-23(17-31(37)42)18-32(38(49)50)43-35(47)11-7-2-1-6-10-26-27(34(46)21-33(26)45)15-14-24(44)13-12-22-8-4-3-5-9-22/h1,3-6,8-9,14-17,19-20,24,26-27,32-34,44-46,48H,2,7,10-13,18,21H2,(H,43,47)(H,49,50)/t24-,26+,27+,32?,33-,34+/m0/s1. The van der Waals surface area contributed by atoms with Gasteiger partial charge in [-0.3, -0.25) is 4.79 Å². The lowest BCUT2D eigenvalue weighted by Gasteiger charge is -2.19. The number of hydrogen-bond acceptors (Lipinski definition) is 7. The lowest BCUT2D eigenvalue weighted by atomic mass is 9.89. The number of aliphatic carboxylic acids is 1. The van der Waals surface area contributed by atoms with Crippen LogP contribution in [-0.2, 0) is 22.4 Å². The minimum atomic E-state index is -1.12. The molecule has 274 valence electrons. The summed E-state index contributed by atoms with van der Waals surface area (Å²) in [4.78, 5) is 24.8. The molecule has 0 saturated heterocycles. The quantitative estimate of drug-likeness (QED) is 0.0456. The Morgan fingerprint density at radius 3 is 2.24 bits per heavy atom. The van der Waals surface area contributed by atoms with Crippen LogP contribution in [0.1, 0.15) is 49.7 Å².